The molecule has 0 aromatic carbocycles. The number of hydrogen-bond acceptors (Lipinski definition) is 8. The lowest BCUT2D eigenvalue weighted by atomic mass is 10.1. The molecule has 0 amide bonds. The maximum atomic E-state index is 5.08. The summed E-state index contributed by atoms with van der Waals surface area (Å²) in [6.07, 6.45) is 8.71. The quantitative estimate of drug-likeness (QED) is 0.661. The van der Waals surface area contributed by atoms with Crippen LogP contribution in [-0.4, -0.2) is 39.1 Å². The molecule has 3 heterocycles. The summed E-state index contributed by atoms with van der Waals surface area (Å²) in [6, 6.07) is 5.53. The number of anilines is 3. The van der Waals surface area contributed by atoms with Crippen molar-refractivity contribution in [2.45, 2.75) is 19.3 Å². The summed E-state index contributed by atoms with van der Waals surface area (Å²) in [4.78, 5) is 22.1. The third-order valence-corrected chi connectivity index (χ3v) is 4.40. The molecule has 4 rings (SSSR count). The van der Waals surface area contributed by atoms with Crippen molar-refractivity contribution >= 4 is 17.6 Å². The topological polar surface area (TPSA) is 97.7 Å². The molecule has 0 spiro atoms. The Morgan fingerprint density at radius 2 is 1.93 bits per heavy atom. The van der Waals surface area contributed by atoms with Gasteiger partial charge in [0, 0.05) is 31.1 Å². The van der Waals surface area contributed by atoms with E-state index in [0.717, 1.165) is 29.1 Å². The van der Waals surface area contributed by atoms with Crippen LogP contribution in [-0.2, 0) is 6.42 Å². The van der Waals surface area contributed by atoms with Crippen LogP contribution in [0.3, 0.4) is 0 Å². The SMILES string of the molecule is CNc1ncc(-c2ccnc(Nc3ccc(OC)nc3)n2)c(CC2CC2)n1. The van der Waals surface area contributed by atoms with Crippen molar-refractivity contribution in [1.29, 1.82) is 0 Å². The van der Waals surface area contributed by atoms with Gasteiger partial charge in [-0.05, 0) is 37.3 Å². The van der Waals surface area contributed by atoms with E-state index in [-0.39, 0.29) is 0 Å². The fraction of sp³-hybridized carbons (Fsp3) is 0.316. The molecular weight excluding hydrogens is 342 g/mol. The Balaban J connectivity index is 1.61. The number of pyridine rings is 1. The first-order chi connectivity index (χ1) is 13.2. The molecule has 8 heteroatoms. The van der Waals surface area contributed by atoms with Crippen LogP contribution < -0.4 is 15.4 Å². The molecule has 1 saturated carbocycles. The summed E-state index contributed by atoms with van der Waals surface area (Å²) < 4.78 is 5.08. The standard InChI is InChI=1S/C19H21N7O/c1-20-18-23-11-14(16(26-18)9-12-3-4-12)15-7-8-21-19(25-15)24-13-5-6-17(27-2)22-10-13/h5-8,10-12H,3-4,9H2,1-2H3,(H,20,23,26)(H,21,24,25). The third kappa shape index (κ3) is 4.11. The van der Waals surface area contributed by atoms with Crippen LogP contribution in [0.1, 0.15) is 18.5 Å². The maximum absolute atomic E-state index is 5.08. The van der Waals surface area contributed by atoms with E-state index in [0.29, 0.717) is 23.7 Å². The van der Waals surface area contributed by atoms with E-state index in [9.17, 15) is 0 Å². The van der Waals surface area contributed by atoms with Gasteiger partial charge in [-0.2, -0.15) is 0 Å². The monoisotopic (exact) mass is 363 g/mol. The van der Waals surface area contributed by atoms with E-state index in [1.807, 2.05) is 25.4 Å². The predicted molar refractivity (Wildman–Crippen MR) is 103 cm³/mol. The molecule has 3 aromatic rings. The van der Waals surface area contributed by atoms with Gasteiger partial charge in [0.05, 0.1) is 30.4 Å². The molecule has 2 N–H and O–H groups in total. The highest BCUT2D eigenvalue weighted by molar-refractivity contribution is 5.64. The van der Waals surface area contributed by atoms with Gasteiger partial charge in [0.1, 0.15) is 0 Å². The number of ether oxygens (including phenoxy) is 1. The summed E-state index contributed by atoms with van der Waals surface area (Å²) in [5.74, 6) is 2.40. The first-order valence-corrected chi connectivity index (χ1v) is 8.89. The second-order valence-corrected chi connectivity index (χ2v) is 6.43. The number of rotatable bonds is 7. The van der Waals surface area contributed by atoms with E-state index in [1.54, 1.807) is 25.6 Å². The van der Waals surface area contributed by atoms with Gasteiger partial charge in [0.2, 0.25) is 17.8 Å². The van der Waals surface area contributed by atoms with Gasteiger partial charge in [-0.15, -0.1) is 0 Å². The van der Waals surface area contributed by atoms with Gasteiger partial charge in [0.25, 0.3) is 0 Å². The van der Waals surface area contributed by atoms with Crippen LogP contribution in [0.2, 0.25) is 0 Å². The van der Waals surface area contributed by atoms with Gasteiger partial charge >= 0.3 is 0 Å². The fourth-order valence-electron chi connectivity index (χ4n) is 2.78. The van der Waals surface area contributed by atoms with Gasteiger partial charge in [-0.3, -0.25) is 0 Å². The van der Waals surface area contributed by atoms with Crippen molar-refractivity contribution in [3.8, 4) is 17.1 Å². The van der Waals surface area contributed by atoms with Crippen molar-refractivity contribution in [2.24, 2.45) is 5.92 Å². The Morgan fingerprint density at radius 1 is 1.04 bits per heavy atom. The largest absolute Gasteiger partial charge is 0.481 e. The summed E-state index contributed by atoms with van der Waals surface area (Å²) in [7, 11) is 3.41. The summed E-state index contributed by atoms with van der Waals surface area (Å²) in [5, 5.41) is 6.18. The first-order valence-electron chi connectivity index (χ1n) is 8.89. The molecule has 8 nitrogen and oxygen atoms in total. The lowest BCUT2D eigenvalue weighted by molar-refractivity contribution is 0.398. The molecule has 0 bridgehead atoms. The molecule has 0 unspecified atom stereocenters. The lowest BCUT2D eigenvalue weighted by Crippen LogP contribution is -2.05. The number of nitrogens with zero attached hydrogens (tertiary/aromatic N) is 5. The normalized spacial score (nSPS) is 13.3. The van der Waals surface area contributed by atoms with Crippen LogP contribution in [0.25, 0.3) is 11.3 Å². The molecule has 27 heavy (non-hydrogen) atoms. The fourth-order valence-corrected chi connectivity index (χ4v) is 2.78. The van der Waals surface area contributed by atoms with Gasteiger partial charge in [-0.1, -0.05) is 0 Å². The van der Waals surface area contributed by atoms with E-state index < -0.39 is 0 Å². The summed E-state index contributed by atoms with van der Waals surface area (Å²) >= 11 is 0. The molecule has 0 atom stereocenters. The highest BCUT2D eigenvalue weighted by atomic mass is 16.5. The minimum atomic E-state index is 0.495. The van der Waals surface area contributed by atoms with Crippen LogP contribution in [0.4, 0.5) is 17.6 Å². The van der Waals surface area contributed by atoms with Crippen molar-refractivity contribution in [2.75, 3.05) is 24.8 Å². The molecular formula is C19H21N7O. The van der Waals surface area contributed by atoms with E-state index in [1.165, 1.54) is 12.8 Å². The van der Waals surface area contributed by atoms with Gasteiger partial charge in [-0.25, -0.2) is 24.9 Å². The first kappa shape index (κ1) is 17.1. The summed E-state index contributed by atoms with van der Waals surface area (Å²) in [6.45, 7) is 0. The van der Waals surface area contributed by atoms with Crippen LogP contribution in [0.15, 0.2) is 36.8 Å². The molecule has 3 aromatic heterocycles. The highest BCUT2D eigenvalue weighted by Crippen LogP contribution is 2.35. The van der Waals surface area contributed by atoms with Crippen molar-refractivity contribution in [3.63, 3.8) is 0 Å². The average Bonchev–Trinajstić information content (AvgIpc) is 3.53. The zero-order chi connectivity index (χ0) is 18.6. The van der Waals surface area contributed by atoms with Crippen LogP contribution >= 0.6 is 0 Å². The zero-order valence-corrected chi connectivity index (χ0v) is 15.3. The van der Waals surface area contributed by atoms with Gasteiger partial charge < -0.3 is 15.4 Å². The Morgan fingerprint density at radius 3 is 2.63 bits per heavy atom. The lowest BCUT2D eigenvalue weighted by Gasteiger charge is -2.11. The highest BCUT2D eigenvalue weighted by Gasteiger charge is 2.24. The van der Waals surface area contributed by atoms with Crippen LogP contribution in [0.5, 0.6) is 5.88 Å². The Bertz CT molecular complexity index is 926. The number of nitrogens with one attached hydrogen (secondary N) is 2. The molecule has 0 radical (unpaired) electrons. The molecule has 0 aliphatic heterocycles. The Kier molecular flexibility index (Phi) is 4.78. The van der Waals surface area contributed by atoms with Crippen molar-refractivity contribution in [1.82, 2.24) is 24.9 Å². The number of aromatic nitrogens is 5. The smallest absolute Gasteiger partial charge is 0.227 e. The molecule has 0 saturated heterocycles. The molecule has 1 aliphatic rings. The minimum Gasteiger partial charge on any atom is -0.481 e. The summed E-state index contributed by atoms with van der Waals surface area (Å²) in [5.41, 5.74) is 3.55. The number of methoxy groups -OCH3 is 1. The average molecular weight is 363 g/mol. The third-order valence-electron chi connectivity index (χ3n) is 4.40. The minimum absolute atomic E-state index is 0.495. The molecule has 1 aliphatic carbocycles. The molecule has 138 valence electrons. The van der Waals surface area contributed by atoms with E-state index >= 15 is 0 Å². The zero-order valence-electron chi connectivity index (χ0n) is 15.3. The predicted octanol–water partition coefficient (Wildman–Crippen LogP) is 3.08. The van der Waals surface area contributed by atoms with Crippen LogP contribution in [0, 0.1) is 5.92 Å². The van der Waals surface area contributed by atoms with E-state index in [2.05, 4.69) is 35.6 Å². The van der Waals surface area contributed by atoms with Gasteiger partial charge in [0.15, 0.2) is 0 Å². The Labute approximate surface area is 157 Å². The van der Waals surface area contributed by atoms with E-state index in [4.69, 9.17) is 4.74 Å². The second-order valence-electron chi connectivity index (χ2n) is 6.43. The second kappa shape index (κ2) is 7.53. The van der Waals surface area contributed by atoms with Crippen molar-refractivity contribution in [3.05, 3.63) is 42.5 Å². The number of hydrogen-bond donors (Lipinski definition) is 2. The molecule has 1 fully saturated rings. The Hall–Kier alpha value is -3.29. The maximum Gasteiger partial charge on any atom is 0.227 e. The van der Waals surface area contributed by atoms with Crippen molar-refractivity contribution < 1.29 is 4.74 Å².